The number of fused-ring (bicyclic) bond motifs is 1. The molecule has 4 rings (SSSR count). The fraction of sp³-hybridized carbons (Fsp3) is 0.381. The zero-order valence-corrected chi connectivity index (χ0v) is 17.0. The lowest BCUT2D eigenvalue weighted by atomic mass is 9.99. The molecule has 0 spiro atoms. The van der Waals surface area contributed by atoms with Gasteiger partial charge in [-0.05, 0) is 31.7 Å². The van der Waals surface area contributed by atoms with Crippen LogP contribution in [0.1, 0.15) is 48.8 Å². The number of likely N-dealkylation sites (tertiary alicyclic amines) is 1. The van der Waals surface area contributed by atoms with Crippen molar-refractivity contribution in [2.75, 3.05) is 6.54 Å². The lowest BCUT2D eigenvalue weighted by Gasteiger charge is -2.34. The maximum atomic E-state index is 13.8. The summed E-state index contributed by atoms with van der Waals surface area (Å²) in [4.78, 5) is 19.1. The molecule has 30 heavy (non-hydrogen) atoms. The summed E-state index contributed by atoms with van der Waals surface area (Å²) in [5.74, 6) is -0.452. The quantitative estimate of drug-likeness (QED) is 0.546. The van der Waals surface area contributed by atoms with Gasteiger partial charge in [-0.15, -0.1) is 0 Å². The van der Waals surface area contributed by atoms with E-state index in [1.165, 1.54) is 0 Å². The standard InChI is InChI=1S/C21H20ClF3N4O/c1-2-14-10-6-7-11-28(14)20(30)18-17(22)19-26-15(13-8-4-3-5-9-13)12-16(21(23,24)25)29(19)27-18/h3-5,8-9,12,14H,2,6-7,10-11H2,1H3. The summed E-state index contributed by atoms with van der Waals surface area (Å²) < 4.78 is 42.0. The Morgan fingerprint density at radius 3 is 2.63 bits per heavy atom. The number of hydrogen-bond acceptors (Lipinski definition) is 3. The summed E-state index contributed by atoms with van der Waals surface area (Å²) in [7, 11) is 0. The van der Waals surface area contributed by atoms with Crippen molar-refractivity contribution in [3.63, 3.8) is 0 Å². The fourth-order valence-corrected chi connectivity index (χ4v) is 4.16. The van der Waals surface area contributed by atoms with E-state index in [0.29, 0.717) is 16.6 Å². The molecule has 3 heterocycles. The van der Waals surface area contributed by atoms with E-state index in [9.17, 15) is 18.0 Å². The third kappa shape index (κ3) is 3.64. The molecule has 0 saturated carbocycles. The van der Waals surface area contributed by atoms with E-state index in [4.69, 9.17) is 11.6 Å². The van der Waals surface area contributed by atoms with Crippen LogP contribution in [-0.2, 0) is 6.18 Å². The van der Waals surface area contributed by atoms with Gasteiger partial charge in [0, 0.05) is 18.2 Å². The average Bonchev–Trinajstić information content (AvgIpc) is 3.09. The van der Waals surface area contributed by atoms with Gasteiger partial charge in [-0.3, -0.25) is 4.79 Å². The molecule has 9 heteroatoms. The van der Waals surface area contributed by atoms with E-state index in [0.717, 1.165) is 31.7 Å². The molecule has 1 saturated heterocycles. The zero-order chi connectivity index (χ0) is 21.5. The number of aromatic nitrogens is 3. The molecule has 1 unspecified atom stereocenters. The molecule has 1 aliphatic rings. The summed E-state index contributed by atoms with van der Waals surface area (Å²) in [6.45, 7) is 2.52. The molecule has 3 aromatic rings. The third-order valence-electron chi connectivity index (χ3n) is 5.45. The molecule has 158 valence electrons. The number of benzene rings is 1. The number of rotatable bonds is 3. The van der Waals surface area contributed by atoms with Crippen molar-refractivity contribution >= 4 is 23.2 Å². The van der Waals surface area contributed by atoms with E-state index in [2.05, 4.69) is 10.1 Å². The molecule has 5 nitrogen and oxygen atoms in total. The highest BCUT2D eigenvalue weighted by molar-refractivity contribution is 6.36. The monoisotopic (exact) mass is 436 g/mol. The highest BCUT2D eigenvalue weighted by atomic mass is 35.5. The molecule has 1 atom stereocenters. The van der Waals surface area contributed by atoms with Crippen molar-refractivity contribution in [1.29, 1.82) is 0 Å². The maximum absolute atomic E-state index is 13.8. The van der Waals surface area contributed by atoms with Gasteiger partial charge in [-0.25, -0.2) is 9.50 Å². The van der Waals surface area contributed by atoms with Gasteiger partial charge in [0.25, 0.3) is 5.91 Å². The van der Waals surface area contributed by atoms with Gasteiger partial charge in [0.05, 0.1) is 5.69 Å². The van der Waals surface area contributed by atoms with Crippen molar-refractivity contribution in [2.45, 2.75) is 44.8 Å². The number of hydrogen-bond donors (Lipinski definition) is 0. The molecular formula is C21H20ClF3N4O. The highest BCUT2D eigenvalue weighted by Gasteiger charge is 2.37. The predicted octanol–water partition coefficient (Wildman–Crippen LogP) is 5.47. The van der Waals surface area contributed by atoms with Gasteiger partial charge < -0.3 is 4.90 Å². The molecule has 1 amide bonds. The summed E-state index contributed by atoms with van der Waals surface area (Å²) in [5.41, 5.74) is -0.782. The first-order chi connectivity index (χ1) is 14.3. The first-order valence-corrected chi connectivity index (χ1v) is 10.2. The minimum absolute atomic E-state index is 0.0297. The first kappa shape index (κ1) is 20.7. The van der Waals surface area contributed by atoms with E-state index in [1.807, 2.05) is 6.92 Å². The van der Waals surface area contributed by atoms with Crippen LogP contribution in [-0.4, -0.2) is 38.0 Å². The molecule has 2 aromatic heterocycles. The van der Waals surface area contributed by atoms with Crippen LogP contribution in [0.5, 0.6) is 0 Å². The second-order valence-corrected chi connectivity index (χ2v) is 7.72. The molecule has 0 bridgehead atoms. The minimum Gasteiger partial charge on any atom is -0.334 e. The van der Waals surface area contributed by atoms with Gasteiger partial charge in [0.1, 0.15) is 5.02 Å². The maximum Gasteiger partial charge on any atom is 0.433 e. The van der Waals surface area contributed by atoms with Gasteiger partial charge in [-0.1, -0.05) is 48.9 Å². The van der Waals surface area contributed by atoms with Crippen molar-refractivity contribution < 1.29 is 18.0 Å². The fourth-order valence-electron chi connectivity index (χ4n) is 3.92. The van der Waals surface area contributed by atoms with Crippen LogP contribution in [0.25, 0.3) is 16.9 Å². The SMILES string of the molecule is CCC1CCCCN1C(=O)c1nn2c(C(F)(F)F)cc(-c3ccccc3)nc2c1Cl. The molecule has 0 aliphatic carbocycles. The Morgan fingerprint density at radius 1 is 1.23 bits per heavy atom. The highest BCUT2D eigenvalue weighted by Crippen LogP contribution is 2.35. The van der Waals surface area contributed by atoms with Crippen LogP contribution in [0, 0.1) is 0 Å². The Labute approximate surface area is 176 Å². The molecule has 1 fully saturated rings. The summed E-state index contributed by atoms with van der Waals surface area (Å²) in [6.07, 6.45) is -1.21. The number of nitrogens with zero attached hydrogens (tertiary/aromatic N) is 4. The van der Waals surface area contributed by atoms with Crippen LogP contribution in [0.4, 0.5) is 13.2 Å². The number of piperidine rings is 1. The zero-order valence-electron chi connectivity index (χ0n) is 16.3. The number of carbonyl (C=O) groups excluding carboxylic acids is 1. The van der Waals surface area contributed by atoms with Gasteiger partial charge in [0.2, 0.25) is 0 Å². The molecule has 1 aromatic carbocycles. The average molecular weight is 437 g/mol. The Balaban J connectivity index is 1.87. The van der Waals surface area contributed by atoms with Crippen LogP contribution < -0.4 is 0 Å². The minimum atomic E-state index is -4.70. The Hall–Kier alpha value is -2.61. The van der Waals surface area contributed by atoms with Crippen LogP contribution in [0.3, 0.4) is 0 Å². The Bertz CT molecular complexity index is 1080. The van der Waals surface area contributed by atoms with Gasteiger partial charge >= 0.3 is 6.18 Å². The molecule has 1 aliphatic heterocycles. The van der Waals surface area contributed by atoms with Crippen molar-refractivity contribution in [2.24, 2.45) is 0 Å². The smallest absolute Gasteiger partial charge is 0.334 e. The first-order valence-electron chi connectivity index (χ1n) is 9.84. The largest absolute Gasteiger partial charge is 0.433 e. The van der Waals surface area contributed by atoms with Crippen molar-refractivity contribution in [3.05, 3.63) is 52.8 Å². The van der Waals surface area contributed by atoms with Crippen molar-refractivity contribution in [3.8, 4) is 11.3 Å². The number of halogens is 4. The summed E-state index contributed by atoms with van der Waals surface area (Å²) in [6, 6.07) is 9.46. The van der Waals surface area contributed by atoms with E-state index < -0.39 is 17.8 Å². The van der Waals surface area contributed by atoms with Crippen molar-refractivity contribution in [1.82, 2.24) is 19.5 Å². The van der Waals surface area contributed by atoms with E-state index >= 15 is 0 Å². The Kier molecular flexibility index (Phi) is 5.44. The summed E-state index contributed by atoms with van der Waals surface area (Å²) in [5, 5.41) is 3.81. The molecular weight excluding hydrogens is 417 g/mol. The molecule has 0 radical (unpaired) electrons. The third-order valence-corrected chi connectivity index (χ3v) is 5.80. The second-order valence-electron chi connectivity index (χ2n) is 7.34. The van der Waals surface area contributed by atoms with E-state index in [1.54, 1.807) is 35.2 Å². The van der Waals surface area contributed by atoms with Crippen LogP contribution >= 0.6 is 11.6 Å². The van der Waals surface area contributed by atoms with Gasteiger partial charge in [-0.2, -0.15) is 18.3 Å². The summed E-state index contributed by atoms with van der Waals surface area (Å²) >= 11 is 6.38. The Morgan fingerprint density at radius 2 is 1.97 bits per heavy atom. The van der Waals surface area contributed by atoms with Gasteiger partial charge in [0.15, 0.2) is 17.0 Å². The lowest BCUT2D eigenvalue weighted by Crippen LogP contribution is -2.43. The molecule has 0 N–H and O–H groups in total. The second kappa shape index (κ2) is 7.91. The normalized spacial score (nSPS) is 17.5. The van der Waals surface area contributed by atoms with E-state index in [-0.39, 0.29) is 28.1 Å². The number of alkyl halides is 3. The van der Waals surface area contributed by atoms with Crippen LogP contribution in [0.15, 0.2) is 36.4 Å². The van der Waals surface area contributed by atoms with Crippen LogP contribution in [0.2, 0.25) is 5.02 Å². The lowest BCUT2D eigenvalue weighted by molar-refractivity contribution is -0.142. The number of amides is 1. The number of carbonyl (C=O) groups is 1. The topological polar surface area (TPSA) is 50.5 Å². The predicted molar refractivity (Wildman–Crippen MR) is 107 cm³/mol.